The van der Waals surface area contributed by atoms with Crippen LogP contribution in [0.25, 0.3) is 0 Å². The van der Waals surface area contributed by atoms with Crippen molar-refractivity contribution in [3.8, 4) is 0 Å². The van der Waals surface area contributed by atoms with E-state index in [1.807, 2.05) is 0 Å². The zero-order chi connectivity index (χ0) is 36.2. The molecule has 0 amide bonds. The Kier molecular flexibility index (Phi) is 64.7. The van der Waals surface area contributed by atoms with Gasteiger partial charge in [-0.15, -0.1) is 0 Å². The van der Waals surface area contributed by atoms with Crippen LogP contribution in [0.15, 0.2) is 0 Å². The van der Waals surface area contributed by atoms with E-state index in [1.54, 1.807) is 0 Å². The summed E-state index contributed by atoms with van der Waals surface area (Å²) in [5.41, 5.74) is 0. The van der Waals surface area contributed by atoms with E-state index in [1.165, 1.54) is 77.0 Å². The Bertz CT molecular complexity index is 437. The molecule has 1 radical (unpaired) electrons. The van der Waals surface area contributed by atoms with Crippen LogP contribution in [0.1, 0.15) is 196 Å². The van der Waals surface area contributed by atoms with Crippen LogP contribution in [0.2, 0.25) is 0 Å². The van der Waals surface area contributed by atoms with Crippen molar-refractivity contribution in [2.24, 2.45) is 0 Å². The molecule has 0 heterocycles. The van der Waals surface area contributed by atoms with Crippen molar-refractivity contribution in [3.05, 3.63) is 0 Å². The summed E-state index contributed by atoms with van der Waals surface area (Å²) in [4.78, 5) is 33.6. The van der Waals surface area contributed by atoms with Gasteiger partial charge in [0.2, 0.25) is 0 Å². The van der Waals surface area contributed by atoms with E-state index < -0.39 is 25.8 Å². The minimum absolute atomic E-state index is 0. The molecule has 0 fully saturated rings. The van der Waals surface area contributed by atoms with Gasteiger partial charge in [0.05, 0.1) is 65.4 Å². The summed E-state index contributed by atoms with van der Waals surface area (Å²) in [6, 6.07) is 0. The molecule has 0 spiro atoms. The Hall–Kier alpha value is 2.28. The van der Waals surface area contributed by atoms with Gasteiger partial charge in [0.1, 0.15) is 0 Å². The van der Waals surface area contributed by atoms with Gasteiger partial charge in [-0.25, -0.2) is 0 Å². The third kappa shape index (κ3) is 59.8. The van der Waals surface area contributed by atoms with Gasteiger partial charge in [0, 0.05) is 0 Å². The molecule has 0 saturated heterocycles. The standard InChI is InChI=1S/3C12H26O3P.Nd/c3*1-3-5-7-9-11-14-16(13)15-12-10-8-6-4-2;/h3*3-12H2,1-2H3;/q3*-1;+3. The molecule has 49 heavy (non-hydrogen) atoms. The molecule has 0 aliphatic heterocycles. The van der Waals surface area contributed by atoms with E-state index in [9.17, 15) is 14.7 Å². The minimum atomic E-state index is -1.87. The van der Waals surface area contributed by atoms with Gasteiger partial charge in [0.25, 0.3) is 0 Å². The summed E-state index contributed by atoms with van der Waals surface area (Å²) < 4.78 is 30.5. The topological polar surface area (TPSA) is 125 Å². The summed E-state index contributed by atoms with van der Waals surface area (Å²) >= 11 is 0. The van der Waals surface area contributed by atoms with Crippen molar-refractivity contribution in [1.82, 2.24) is 0 Å². The summed E-state index contributed by atoms with van der Waals surface area (Å²) in [7, 11) is -5.62. The van der Waals surface area contributed by atoms with Gasteiger partial charge in [0.15, 0.2) is 0 Å². The van der Waals surface area contributed by atoms with E-state index in [2.05, 4.69) is 41.5 Å². The van der Waals surface area contributed by atoms with E-state index in [0.29, 0.717) is 39.6 Å². The molecule has 0 rings (SSSR count). The number of unbranched alkanes of at least 4 members (excludes halogenated alkanes) is 18. The quantitative estimate of drug-likeness (QED) is 0.0446. The zero-order valence-electron chi connectivity index (χ0n) is 32.7. The minimum Gasteiger partial charge on any atom is -0.786 e. The molecule has 9 nitrogen and oxygen atoms in total. The maximum atomic E-state index is 11.2. The van der Waals surface area contributed by atoms with Crippen LogP contribution in [-0.2, 0) is 27.1 Å². The van der Waals surface area contributed by atoms with Gasteiger partial charge in [-0.2, -0.15) is 0 Å². The molecule has 0 aliphatic rings. The molecule has 13 heteroatoms. The predicted molar refractivity (Wildman–Crippen MR) is 201 cm³/mol. The van der Waals surface area contributed by atoms with Gasteiger partial charge < -0.3 is 41.8 Å². The van der Waals surface area contributed by atoms with Crippen molar-refractivity contribution < 1.29 is 82.7 Å². The van der Waals surface area contributed by atoms with Gasteiger partial charge >= 0.3 is 40.8 Å². The fourth-order valence-electron chi connectivity index (χ4n) is 4.12. The van der Waals surface area contributed by atoms with Crippen LogP contribution in [0.4, 0.5) is 0 Å². The monoisotopic (exact) mass is 889 g/mol. The Labute approximate surface area is 341 Å². The molecule has 0 atom stereocenters. The SMILES string of the molecule is CCCCCCOP([O-])OCCCCCC.CCCCCCOP([O-])OCCCCCC.CCCCCCOP([O-])OCCCCCC.[Nd+3]. The molecular formula is C36H78NdO9P3. The molecule has 0 aliphatic carbocycles. The predicted octanol–water partition coefficient (Wildman–Crippen LogP) is 11.3. The van der Waals surface area contributed by atoms with E-state index in [4.69, 9.17) is 27.1 Å². The zero-order valence-corrected chi connectivity index (χ0v) is 38.6. The third-order valence-electron chi connectivity index (χ3n) is 7.17. The Morgan fingerprint density at radius 3 is 0.531 bits per heavy atom. The van der Waals surface area contributed by atoms with Crippen LogP contribution >= 0.6 is 25.8 Å². The number of rotatable bonds is 36. The smallest absolute Gasteiger partial charge is 0.786 e. The van der Waals surface area contributed by atoms with Crippen molar-refractivity contribution >= 4 is 25.8 Å². The van der Waals surface area contributed by atoms with Crippen LogP contribution in [0, 0.1) is 40.8 Å². The van der Waals surface area contributed by atoms with Crippen molar-refractivity contribution in [1.29, 1.82) is 0 Å². The van der Waals surface area contributed by atoms with E-state index >= 15 is 0 Å². The van der Waals surface area contributed by atoms with Crippen molar-refractivity contribution in [2.75, 3.05) is 39.6 Å². The maximum absolute atomic E-state index is 11.2. The molecule has 295 valence electrons. The number of hydrogen-bond donors (Lipinski definition) is 0. The summed E-state index contributed by atoms with van der Waals surface area (Å²) in [6.07, 6.45) is 27.3. The first-order valence-electron chi connectivity index (χ1n) is 19.6. The van der Waals surface area contributed by atoms with Crippen LogP contribution in [0.3, 0.4) is 0 Å². The molecule has 0 aromatic heterocycles. The first kappa shape index (κ1) is 58.0. The number of hydrogen-bond acceptors (Lipinski definition) is 9. The van der Waals surface area contributed by atoms with Crippen LogP contribution in [0.5, 0.6) is 0 Å². The van der Waals surface area contributed by atoms with Gasteiger partial charge in [-0.3, -0.25) is 0 Å². The maximum Gasteiger partial charge on any atom is 3.00 e. The first-order chi connectivity index (χ1) is 23.4. The van der Waals surface area contributed by atoms with Crippen LogP contribution < -0.4 is 14.7 Å². The van der Waals surface area contributed by atoms with E-state index in [0.717, 1.165) is 77.0 Å². The fourth-order valence-corrected chi connectivity index (χ4v) is 6.01. The molecule has 0 aromatic carbocycles. The fraction of sp³-hybridized carbons (Fsp3) is 1.00. The molecule has 0 bridgehead atoms. The average Bonchev–Trinajstić information content (AvgIpc) is 3.08. The van der Waals surface area contributed by atoms with Crippen molar-refractivity contribution in [3.63, 3.8) is 0 Å². The summed E-state index contributed by atoms with van der Waals surface area (Å²) in [5.74, 6) is 0. The second kappa shape index (κ2) is 54.6. The Morgan fingerprint density at radius 1 is 0.265 bits per heavy atom. The van der Waals surface area contributed by atoms with Gasteiger partial charge in [-0.1, -0.05) is 157 Å². The Balaban J connectivity index is -0.000000307. The molecule has 0 N–H and O–H groups in total. The van der Waals surface area contributed by atoms with Crippen molar-refractivity contribution in [2.45, 2.75) is 196 Å². The van der Waals surface area contributed by atoms with Gasteiger partial charge in [-0.05, 0) is 38.5 Å². The average molecular weight is 892 g/mol. The molecule has 0 saturated carbocycles. The van der Waals surface area contributed by atoms with Crippen LogP contribution in [-0.4, -0.2) is 39.6 Å². The second-order valence-corrected chi connectivity index (χ2v) is 14.9. The van der Waals surface area contributed by atoms with E-state index in [-0.39, 0.29) is 40.8 Å². The Morgan fingerprint density at radius 2 is 0.408 bits per heavy atom. The molecular weight excluding hydrogens is 814 g/mol. The molecule has 0 unspecified atom stereocenters. The summed E-state index contributed by atoms with van der Waals surface area (Å²) in [5, 5.41) is 0. The molecule has 0 aromatic rings. The third-order valence-corrected chi connectivity index (χ3v) is 9.53. The summed E-state index contributed by atoms with van der Waals surface area (Å²) in [6.45, 7) is 16.4. The normalized spacial score (nSPS) is 11.0. The largest absolute Gasteiger partial charge is 3.00 e. The first-order valence-corrected chi connectivity index (χ1v) is 22.9. The second-order valence-electron chi connectivity index (χ2n) is 12.0.